The first-order chi connectivity index (χ1) is 19.9. The van der Waals surface area contributed by atoms with Gasteiger partial charge in [-0.3, -0.25) is 9.69 Å². The zero-order chi connectivity index (χ0) is 35.3. The van der Waals surface area contributed by atoms with E-state index < -0.39 is 71.1 Å². The van der Waals surface area contributed by atoms with Crippen LogP contribution in [0.15, 0.2) is 29.2 Å². The molecule has 1 fully saturated rings. The third-order valence-electron chi connectivity index (χ3n) is 6.95. The van der Waals surface area contributed by atoms with Crippen LogP contribution in [-0.2, 0) is 4.74 Å². The van der Waals surface area contributed by atoms with Crippen molar-refractivity contribution in [3.63, 3.8) is 0 Å². The van der Waals surface area contributed by atoms with Crippen LogP contribution in [0.4, 0.5) is 74.6 Å². The highest BCUT2D eigenvalue weighted by Gasteiger charge is 2.95. The Morgan fingerprint density at radius 1 is 0.667 bits per heavy atom. The lowest BCUT2D eigenvalue weighted by atomic mass is 9.88. The molecule has 0 N–H and O–H groups in total. The lowest BCUT2D eigenvalue weighted by molar-refractivity contribution is -0.461. The van der Waals surface area contributed by atoms with Crippen molar-refractivity contribution in [1.29, 1.82) is 0 Å². The van der Waals surface area contributed by atoms with Crippen molar-refractivity contribution in [3.8, 4) is 0 Å². The number of hydrogen-bond acceptors (Lipinski definition) is 4. The van der Waals surface area contributed by atoms with Crippen molar-refractivity contribution >= 4 is 17.5 Å². The van der Waals surface area contributed by atoms with E-state index in [4.69, 9.17) is 4.74 Å². The Morgan fingerprint density at radius 3 is 1.49 bits per heavy atom. The van der Waals surface area contributed by atoms with Gasteiger partial charge in [0, 0.05) is 35.7 Å². The predicted octanol–water partition coefficient (Wildman–Crippen LogP) is 8.47. The normalized spacial score (nSPS) is 17.5. The summed E-state index contributed by atoms with van der Waals surface area (Å²) in [5.41, 5.74) is -0.952. The van der Waals surface area contributed by atoms with E-state index in [1.165, 1.54) is 12.1 Å². The van der Waals surface area contributed by atoms with Crippen molar-refractivity contribution in [1.82, 2.24) is 4.90 Å². The Labute approximate surface area is 247 Å². The molecule has 0 radical (unpaired) electrons. The SMILES string of the molecule is CC(C)(C(=O)c1ccc(SCCC(F)(F)C(F)(F)C(F)(F)C(F)(F)C(F)(F)C(F)(F)C(F)(F)C(F)(F)F)cc1)N1CCOCC1. The van der Waals surface area contributed by atoms with E-state index in [1.807, 2.05) is 4.90 Å². The molecule has 0 aliphatic carbocycles. The fourth-order valence-corrected chi connectivity index (χ4v) is 4.89. The van der Waals surface area contributed by atoms with E-state index in [0.717, 1.165) is 12.1 Å². The van der Waals surface area contributed by atoms with Gasteiger partial charge in [-0.2, -0.15) is 74.6 Å². The Bertz CT molecular complexity index is 1190. The quantitative estimate of drug-likeness (QED) is 0.117. The molecule has 1 aromatic carbocycles. The lowest BCUT2D eigenvalue weighted by Crippen LogP contribution is -2.74. The number of ketones is 1. The molecule has 2 rings (SSSR count). The number of thioether (sulfide) groups is 1. The number of alkyl halides is 17. The smallest absolute Gasteiger partial charge is 0.379 e. The minimum Gasteiger partial charge on any atom is -0.379 e. The van der Waals surface area contributed by atoms with E-state index in [0.29, 0.717) is 26.3 Å². The second kappa shape index (κ2) is 12.2. The first-order valence-corrected chi connectivity index (χ1v) is 13.3. The Kier molecular flexibility index (Phi) is 10.6. The van der Waals surface area contributed by atoms with Crippen LogP contribution in [0, 0.1) is 0 Å². The van der Waals surface area contributed by atoms with E-state index >= 15 is 0 Å². The third kappa shape index (κ3) is 6.45. The summed E-state index contributed by atoms with van der Waals surface area (Å²) in [6, 6.07) is 4.53. The molecule has 0 spiro atoms. The minimum absolute atomic E-state index is 0.0865. The first-order valence-electron chi connectivity index (χ1n) is 12.3. The average Bonchev–Trinajstić information content (AvgIpc) is 2.92. The van der Waals surface area contributed by atoms with Gasteiger partial charge in [-0.15, -0.1) is 11.8 Å². The molecule has 260 valence electrons. The van der Waals surface area contributed by atoms with Crippen LogP contribution < -0.4 is 0 Å². The number of carbonyl (C=O) groups is 1. The molecule has 0 saturated carbocycles. The van der Waals surface area contributed by atoms with Gasteiger partial charge in [0.05, 0.1) is 18.8 Å². The Balaban J connectivity index is 2.22. The molecule has 1 aromatic rings. The highest BCUT2D eigenvalue weighted by atomic mass is 32.2. The minimum atomic E-state index is -8.65. The van der Waals surface area contributed by atoms with Gasteiger partial charge in [0.15, 0.2) is 5.78 Å². The van der Waals surface area contributed by atoms with E-state index in [-0.39, 0.29) is 22.2 Å². The number of rotatable bonds is 13. The fraction of sp³-hybridized carbons (Fsp3) is 0.708. The van der Waals surface area contributed by atoms with Crippen molar-refractivity contribution in [2.24, 2.45) is 0 Å². The molecule has 1 saturated heterocycles. The van der Waals surface area contributed by atoms with E-state index in [9.17, 15) is 79.4 Å². The number of Topliss-reactive ketones (excluding diaryl/α,β-unsaturated/α-hetero) is 1. The lowest BCUT2D eigenvalue weighted by Gasteiger charge is -2.42. The Hall–Kier alpha value is -2.03. The summed E-state index contributed by atoms with van der Waals surface area (Å²) in [5, 5.41) is 0. The monoisotopic (exact) mass is 711 g/mol. The molecule has 0 aromatic heterocycles. The molecule has 1 aliphatic heterocycles. The van der Waals surface area contributed by atoms with E-state index in [2.05, 4.69) is 0 Å². The summed E-state index contributed by atoms with van der Waals surface area (Å²) in [4.78, 5) is 14.7. The molecule has 1 heterocycles. The molecular weight excluding hydrogens is 689 g/mol. The van der Waals surface area contributed by atoms with Crippen molar-refractivity contribution in [2.75, 3.05) is 32.1 Å². The highest BCUT2D eigenvalue weighted by molar-refractivity contribution is 7.99. The van der Waals surface area contributed by atoms with Gasteiger partial charge >= 0.3 is 47.6 Å². The maximum absolute atomic E-state index is 14.1. The average molecular weight is 711 g/mol. The zero-order valence-corrected chi connectivity index (χ0v) is 23.5. The van der Waals surface area contributed by atoms with Crippen molar-refractivity contribution in [2.45, 2.75) is 78.3 Å². The largest absolute Gasteiger partial charge is 0.460 e. The summed E-state index contributed by atoms with van der Waals surface area (Å²) in [6.45, 7) is 4.73. The number of benzene rings is 1. The van der Waals surface area contributed by atoms with Crippen LogP contribution in [0.2, 0.25) is 0 Å². The van der Waals surface area contributed by atoms with Crippen LogP contribution in [-0.4, -0.2) is 95.9 Å². The van der Waals surface area contributed by atoms with Crippen LogP contribution in [0.1, 0.15) is 30.6 Å². The number of nitrogens with zero attached hydrogens (tertiary/aromatic N) is 1. The third-order valence-corrected chi connectivity index (χ3v) is 7.96. The molecule has 0 bridgehead atoms. The number of carbonyl (C=O) groups excluding carboxylic acids is 1. The van der Waals surface area contributed by atoms with Gasteiger partial charge < -0.3 is 4.74 Å². The van der Waals surface area contributed by atoms with Crippen molar-refractivity contribution in [3.05, 3.63) is 29.8 Å². The molecule has 0 unspecified atom stereocenters. The molecular formula is C24H22F17NO2S. The summed E-state index contributed by atoms with van der Waals surface area (Å²) < 4.78 is 233. The summed E-state index contributed by atoms with van der Waals surface area (Å²) in [6.07, 6.45) is -10.3. The van der Waals surface area contributed by atoms with Crippen molar-refractivity contribution < 1.29 is 84.2 Å². The van der Waals surface area contributed by atoms with Gasteiger partial charge in [-0.1, -0.05) is 12.1 Å². The van der Waals surface area contributed by atoms with Gasteiger partial charge in [-0.05, 0) is 26.0 Å². The molecule has 0 amide bonds. The number of morpholine rings is 1. The van der Waals surface area contributed by atoms with Gasteiger partial charge in [0.1, 0.15) is 0 Å². The zero-order valence-electron chi connectivity index (χ0n) is 22.6. The van der Waals surface area contributed by atoms with Crippen LogP contribution >= 0.6 is 11.8 Å². The topological polar surface area (TPSA) is 29.5 Å². The molecule has 45 heavy (non-hydrogen) atoms. The van der Waals surface area contributed by atoms with E-state index in [1.54, 1.807) is 13.8 Å². The highest BCUT2D eigenvalue weighted by Crippen LogP contribution is 2.64. The fourth-order valence-electron chi connectivity index (χ4n) is 3.97. The second-order valence-electron chi connectivity index (χ2n) is 10.3. The number of ether oxygens (including phenoxy) is 1. The predicted molar refractivity (Wildman–Crippen MR) is 123 cm³/mol. The van der Waals surface area contributed by atoms with Crippen LogP contribution in [0.25, 0.3) is 0 Å². The maximum atomic E-state index is 14.1. The van der Waals surface area contributed by atoms with Gasteiger partial charge in [0.2, 0.25) is 0 Å². The summed E-state index contributed by atoms with van der Waals surface area (Å²) in [7, 11) is 0. The first kappa shape index (κ1) is 39.1. The van der Waals surface area contributed by atoms with Crippen LogP contribution in [0.3, 0.4) is 0 Å². The molecule has 3 nitrogen and oxygen atoms in total. The number of halogens is 17. The molecule has 21 heteroatoms. The molecule has 1 aliphatic rings. The Morgan fingerprint density at radius 2 is 1.07 bits per heavy atom. The number of hydrogen-bond donors (Lipinski definition) is 0. The van der Waals surface area contributed by atoms with Gasteiger partial charge in [-0.25, -0.2) is 0 Å². The summed E-state index contributed by atoms with van der Waals surface area (Å²) in [5.74, 6) is -58.2. The standard InChI is InChI=1S/C24H22F17NO2S/c1-16(2,42-8-10-44-11-9-42)15(43)13-3-5-14(6-4-13)45-12-7-17(25,26)18(27,28)19(29,30)20(31,32)21(33,34)22(35,36)23(37,38)24(39,40)41/h3-6H,7-12H2,1-2H3. The maximum Gasteiger partial charge on any atom is 0.460 e. The van der Waals surface area contributed by atoms with Crippen LogP contribution in [0.5, 0.6) is 0 Å². The molecule has 0 atom stereocenters. The van der Waals surface area contributed by atoms with Gasteiger partial charge in [0.25, 0.3) is 0 Å². The summed E-state index contributed by atoms with van der Waals surface area (Å²) >= 11 is 0.177. The second-order valence-corrected chi connectivity index (χ2v) is 11.4.